The molecule has 2 unspecified atom stereocenters. The normalized spacial score (nSPS) is 28.5. The summed E-state index contributed by atoms with van der Waals surface area (Å²) in [6.45, 7) is 2.11. The number of nitrogens with one attached hydrogen (secondary N) is 1. The van der Waals surface area contributed by atoms with Crippen molar-refractivity contribution in [3.8, 4) is 0 Å². The van der Waals surface area contributed by atoms with Crippen LogP contribution in [0.1, 0.15) is 43.4 Å². The predicted molar refractivity (Wildman–Crippen MR) is 94.6 cm³/mol. The number of aryl methyl sites for hydroxylation is 1. The van der Waals surface area contributed by atoms with Gasteiger partial charge in [0.15, 0.2) is 9.84 Å². The van der Waals surface area contributed by atoms with Gasteiger partial charge in [0, 0.05) is 6.04 Å². The second-order valence-corrected chi connectivity index (χ2v) is 9.66. The van der Waals surface area contributed by atoms with E-state index in [1.165, 1.54) is 11.1 Å². The van der Waals surface area contributed by atoms with Crippen molar-refractivity contribution < 1.29 is 13.2 Å². The van der Waals surface area contributed by atoms with Crippen LogP contribution in [-0.2, 0) is 21.1 Å². The van der Waals surface area contributed by atoms with Gasteiger partial charge in [-0.3, -0.25) is 9.69 Å². The molecule has 1 aromatic rings. The van der Waals surface area contributed by atoms with Crippen LogP contribution in [0.5, 0.6) is 0 Å². The van der Waals surface area contributed by atoms with Gasteiger partial charge in [-0.25, -0.2) is 8.42 Å². The number of carbonyl (C=O) groups is 1. The maximum Gasteiger partial charge on any atom is 0.234 e. The Morgan fingerprint density at radius 3 is 2.83 bits per heavy atom. The fourth-order valence-electron chi connectivity index (χ4n) is 4.01. The highest BCUT2D eigenvalue weighted by Gasteiger charge is 2.39. The van der Waals surface area contributed by atoms with Crippen LogP contribution in [0.4, 0.5) is 0 Å². The molecule has 1 aliphatic heterocycles. The molecule has 5 nitrogen and oxygen atoms in total. The highest BCUT2D eigenvalue weighted by Crippen LogP contribution is 2.33. The van der Waals surface area contributed by atoms with Crippen LogP contribution in [0.15, 0.2) is 24.3 Å². The molecular formula is C18H26N2O3S. The molecular weight excluding hydrogens is 324 g/mol. The molecule has 1 aliphatic carbocycles. The number of rotatable bonds is 4. The van der Waals surface area contributed by atoms with Crippen LogP contribution >= 0.6 is 0 Å². The summed E-state index contributed by atoms with van der Waals surface area (Å²) in [5.74, 6) is 0.109. The Hall–Kier alpha value is -1.40. The molecule has 1 saturated heterocycles. The lowest BCUT2D eigenvalue weighted by atomic mass is 9.87. The number of amides is 1. The third-order valence-corrected chi connectivity index (χ3v) is 7.11. The molecule has 0 radical (unpaired) electrons. The van der Waals surface area contributed by atoms with E-state index in [0.717, 1.165) is 19.3 Å². The van der Waals surface area contributed by atoms with Gasteiger partial charge >= 0.3 is 0 Å². The van der Waals surface area contributed by atoms with Gasteiger partial charge in [-0.05, 0) is 50.8 Å². The molecule has 0 saturated carbocycles. The summed E-state index contributed by atoms with van der Waals surface area (Å²) in [6, 6.07) is 8.68. The molecule has 1 heterocycles. The number of nitrogens with zero attached hydrogens (tertiary/aromatic N) is 1. The SMILES string of the molecule is CN(CC(=O)NC1(C)CCS(=O)(=O)C1)C1CCCc2ccccc21. The Morgan fingerprint density at radius 1 is 1.38 bits per heavy atom. The summed E-state index contributed by atoms with van der Waals surface area (Å²) in [4.78, 5) is 14.5. The van der Waals surface area contributed by atoms with Crippen LogP contribution < -0.4 is 5.32 Å². The predicted octanol–water partition coefficient (Wildman–Crippen LogP) is 1.69. The average molecular weight is 350 g/mol. The molecule has 0 spiro atoms. The third-order valence-electron chi connectivity index (χ3n) is 5.21. The first-order valence-electron chi connectivity index (χ1n) is 8.57. The zero-order valence-corrected chi connectivity index (χ0v) is 15.2. The van der Waals surface area contributed by atoms with Crippen molar-refractivity contribution in [3.05, 3.63) is 35.4 Å². The lowest BCUT2D eigenvalue weighted by Crippen LogP contribution is -2.50. The zero-order chi connectivity index (χ0) is 17.4. The van der Waals surface area contributed by atoms with Crippen LogP contribution in [0.25, 0.3) is 0 Å². The Bertz CT molecular complexity index is 732. The van der Waals surface area contributed by atoms with Crippen molar-refractivity contribution in [2.24, 2.45) is 0 Å². The number of carbonyl (C=O) groups excluding carboxylic acids is 1. The number of likely N-dealkylation sites (N-methyl/N-ethyl adjacent to an activating group) is 1. The number of fused-ring (bicyclic) bond motifs is 1. The quantitative estimate of drug-likeness (QED) is 0.897. The summed E-state index contributed by atoms with van der Waals surface area (Å²) in [7, 11) is -1.04. The molecule has 132 valence electrons. The molecule has 2 atom stereocenters. The summed E-state index contributed by atoms with van der Waals surface area (Å²) >= 11 is 0. The van der Waals surface area contributed by atoms with Crippen LogP contribution in [0.2, 0.25) is 0 Å². The van der Waals surface area contributed by atoms with Crippen molar-refractivity contribution in [2.45, 2.75) is 44.2 Å². The van der Waals surface area contributed by atoms with Gasteiger partial charge in [-0.15, -0.1) is 0 Å². The van der Waals surface area contributed by atoms with Gasteiger partial charge < -0.3 is 5.32 Å². The number of hydrogen-bond acceptors (Lipinski definition) is 4. The van der Waals surface area contributed by atoms with E-state index in [9.17, 15) is 13.2 Å². The number of hydrogen-bond donors (Lipinski definition) is 1. The summed E-state index contributed by atoms with van der Waals surface area (Å²) < 4.78 is 23.3. The second-order valence-electron chi connectivity index (χ2n) is 7.47. The van der Waals surface area contributed by atoms with Crippen molar-refractivity contribution in [3.63, 3.8) is 0 Å². The van der Waals surface area contributed by atoms with Crippen molar-refractivity contribution >= 4 is 15.7 Å². The number of sulfone groups is 1. The first-order valence-corrected chi connectivity index (χ1v) is 10.4. The monoisotopic (exact) mass is 350 g/mol. The maximum atomic E-state index is 12.4. The average Bonchev–Trinajstić information content (AvgIpc) is 2.79. The largest absolute Gasteiger partial charge is 0.349 e. The fourth-order valence-corrected chi connectivity index (χ4v) is 6.10. The molecule has 0 aromatic heterocycles. The minimum absolute atomic E-state index is 0.0434. The van der Waals surface area contributed by atoms with Crippen LogP contribution in [0.3, 0.4) is 0 Å². The Kier molecular flexibility index (Phi) is 4.71. The highest BCUT2D eigenvalue weighted by molar-refractivity contribution is 7.91. The van der Waals surface area contributed by atoms with Gasteiger partial charge in [-0.2, -0.15) is 0 Å². The molecule has 0 bridgehead atoms. The number of benzene rings is 1. The zero-order valence-electron chi connectivity index (χ0n) is 14.4. The third kappa shape index (κ3) is 3.81. The molecule has 6 heteroatoms. The van der Waals surface area contributed by atoms with E-state index in [1.54, 1.807) is 0 Å². The maximum absolute atomic E-state index is 12.4. The van der Waals surface area contributed by atoms with E-state index in [0.29, 0.717) is 6.42 Å². The Labute approximate surface area is 144 Å². The van der Waals surface area contributed by atoms with E-state index in [2.05, 4.69) is 34.5 Å². The minimum Gasteiger partial charge on any atom is -0.349 e. The van der Waals surface area contributed by atoms with Crippen molar-refractivity contribution in [2.75, 3.05) is 25.1 Å². The molecule has 2 aliphatic rings. The molecule has 1 N–H and O–H groups in total. The standard InChI is InChI=1S/C18H26N2O3S/c1-18(10-11-24(22,23)13-18)19-17(21)12-20(2)16-9-5-7-14-6-3-4-8-15(14)16/h3-4,6,8,16H,5,7,9-13H2,1-2H3,(H,19,21). The Balaban J connectivity index is 1.63. The van der Waals surface area contributed by atoms with Gasteiger partial charge in [0.1, 0.15) is 0 Å². The summed E-state index contributed by atoms with van der Waals surface area (Å²) in [6.07, 6.45) is 3.77. The van der Waals surface area contributed by atoms with E-state index in [4.69, 9.17) is 0 Å². The highest BCUT2D eigenvalue weighted by atomic mass is 32.2. The van der Waals surface area contributed by atoms with Gasteiger partial charge in [0.25, 0.3) is 0 Å². The molecule has 1 aromatic carbocycles. The molecule has 1 fully saturated rings. The Morgan fingerprint density at radius 2 is 2.12 bits per heavy atom. The smallest absolute Gasteiger partial charge is 0.234 e. The van der Waals surface area contributed by atoms with Gasteiger partial charge in [-0.1, -0.05) is 24.3 Å². The summed E-state index contributed by atoms with van der Waals surface area (Å²) in [5, 5.41) is 2.95. The molecule has 1 amide bonds. The first kappa shape index (κ1) is 17.4. The van der Waals surface area contributed by atoms with E-state index >= 15 is 0 Å². The first-order chi connectivity index (χ1) is 11.3. The molecule has 24 heavy (non-hydrogen) atoms. The topological polar surface area (TPSA) is 66.5 Å². The van der Waals surface area contributed by atoms with Gasteiger partial charge in [0.2, 0.25) is 5.91 Å². The van der Waals surface area contributed by atoms with Crippen molar-refractivity contribution in [1.82, 2.24) is 10.2 Å². The second kappa shape index (κ2) is 6.48. The van der Waals surface area contributed by atoms with E-state index in [1.807, 2.05) is 14.0 Å². The lowest BCUT2D eigenvalue weighted by Gasteiger charge is -2.34. The van der Waals surface area contributed by atoms with Crippen LogP contribution in [0, 0.1) is 0 Å². The van der Waals surface area contributed by atoms with Crippen molar-refractivity contribution in [1.29, 1.82) is 0 Å². The summed E-state index contributed by atoms with van der Waals surface area (Å²) in [5.41, 5.74) is 2.06. The van der Waals surface area contributed by atoms with E-state index in [-0.39, 0.29) is 30.0 Å². The van der Waals surface area contributed by atoms with Gasteiger partial charge in [0.05, 0.1) is 23.6 Å². The minimum atomic E-state index is -3.02. The fraction of sp³-hybridized carbons (Fsp3) is 0.611. The molecule has 3 rings (SSSR count). The lowest BCUT2D eigenvalue weighted by molar-refractivity contribution is -0.124. The van der Waals surface area contributed by atoms with Crippen LogP contribution in [-0.4, -0.2) is 49.9 Å². The van der Waals surface area contributed by atoms with E-state index < -0.39 is 15.4 Å².